The van der Waals surface area contributed by atoms with Crippen molar-refractivity contribution in [3.05, 3.63) is 29.5 Å². The molecule has 0 aliphatic rings. The van der Waals surface area contributed by atoms with Gasteiger partial charge in [-0.05, 0) is 18.1 Å². The van der Waals surface area contributed by atoms with Crippen molar-refractivity contribution < 1.29 is 9.21 Å². The minimum atomic E-state index is -0.469. The summed E-state index contributed by atoms with van der Waals surface area (Å²) in [5.41, 5.74) is 6.68. The molecule has 2 heterocycles. The molecule has 0 bridgehead atoms. The third-order valence-corrected chi connectivity index (χ3v) is 4.19. The molecule has 2 unspecified atom stereocenters. The van der Waals surface area contributed by atoms with Crippen LogP contribution < -0.4 is 11.1 Å². The molecule has 6 heteroatoms. The number of carbonyl (C=O) groups is 1. The summed E-state index contributed by atoms with van der Waals surface area (Å²) in [6.45, 7) is 4.39. The highest BCUT2D eigenvalue weighted by Crippen LogP contribution is 2.23. The van der Waals surface area contributed by atoms with Crippen molar-refractivity contribution in [2.45, 2.75) is 32.9 Å². The number of thiazole rings is 1. The van der Waals surface area contributed by atoms with Crippen molar-refractivity contribution in [1.82, 2.24) is 10.3 Å². The first-order chi connectivity index (χ1) is 9.61. The van der Waals surface area contributed by atoms with Crippen molar-refractivity contribution >= 4 is 17.2 Å². The summed E-state index contributed by atoms with van der Waals surface area (Å²) in [6, 6.07) is 3.21. The second kappa shape index (κ2) is 6.67. The van der Waals surface area contributed by atoms with Gasteiger partial charge in [0.05, 0.1) is 24.5 Å². The number of hydrogen-bond acceptors (Lipinski definition) is 5. The van der Waals surface area contributed by atoms with Crippen LogP contribution in [0.1, 0.15) is 26.0 Å². The molecule has 108 valence electrons. The molecule has 0 aliphatic carbocycles. The lowest BCUT2D eigenvalue weighted by atomic mass is 9.99. The molecule has 1 amide bonds. The molecule has 2 atom stereocenters. The van der Waals surface area contributed by atoms with Gasteiger partial charge in [0, 0.05) is 5.38 Å². The van der Waals surface area contributed by atoms with E-state index in [0.29, 0.717) is 6.54 Å². The third kappa shape index (κ3) is 3.46. The van der Waals surface area contributed by atoms with Crippen LogP contribution in [0.4, 0.5) is 0 Å². The molecule has 0 spiro atoms. The van der Waals surface area contributed by atoms with E-state index in [-0.39, 0.29) is 11.8 Å². The molecular weight excluding hydrogens is 274 g/mol. The summed E-state index contributed by atoms with van der Waals surface area (Å²) in [6.07, 6.45) is 2.50. The van der Waals surface area contributed by atoms with Crippen LogP contribution in [0.2, 0.25) is 0 Å². The number of nitrogens with one attached hydrogen (secondary N) is 1. The summed E-state index contributed by atoms with van der Waals surface area (Å²) in [5, 5.41) is 5.54. The first kappa shape index (κ1) is 14.7. The van der Waals surface area contributed by atoms with Gasteiger partial charge in [0.25, 0.3) is 0 Å². The van der Waals surface area contributed by atoms with E-state index in [1.807, 2.05) is 31.4 Å². The Morgan fingerprint density at radius 1 is 1.60 bits per heavy atom. The van der Waals surface area contributed by atoms with Crippen molar-refractivity contribution in [3.8, 4) is 10.8 Å². The van der Waals surface area contributed by atoms with E-state index in [0.717, 1.165) is 22.9 Å². The Morgan fingerprint density at radius 3 is 3.05 bits per heavy atom. The number of amides is 1. The highest BCUT2D eigenvalue weighted by Gasteiger charge is 2.19. The SMILES string of the molecule is CCC(C)C(N)C(=O)NCc1csc(-c2ccco2)n1. The molecule has 0 saturated carbocycles. The molecule has 0 aliphatic heterocycles. The predicted molar refractivity (Wildman–Crippen MR) is 79.1 cm³/mol. The van der Waals surface area contributed by atoms with E-state index in [9.17, 15) is 4.79 Å². The quantitative estimate of drug-likeness (QED) is 0.857. The van der Waals surface area contributed by atoms with Crippen LogP contribution in [0.3, 0.4) is 0 Å². The average molecular weight is 293 g/mol. The number of rotatable bonds is 6. The first-order valence-electron chi connectivity index (χ1n) is 6.63. The van der Waals surface area contributed by atoms with Crippen LogP contribution in [0, 0.1) is 5.92 Å². The number of hydrogen-bond donors (Lipinski definition) is 2. The van der Waals surface area contributed by atoms with Gasteiger partial charge < -0.3 is 15.5 Å². The molecule has 5 nitrogen and oxygen atoms in total. The van der Waals surface area contributed by atoms with Gasteiger partial charge in [-0.2, -0.15) is 0 Å². The summed E-state index contributed by atoms with van der Waals surface area (Å²) in [4.78, 5) is 16.3. The third-order valence-electron chi connectivity index (χ3n) is 3.29. The largest absolute Gasteiger partial charge is 0.462 e. The molecular formula is C14H19N3O2S. The Morgan fingerprint density at radius 2 is 2.40 bits per heavy atom. The molecule has 0 saturated heterocycles. The summed E-state index contributed by atoms with van der Waals surface area (Å²) >= 11 is 1.49. The minimum absolute atomic E-state index is 0.133. The zero-order valence-electron chi connectivity index (χ0n) is 11.6. The lowest BCUT2D eigenvalue weighted by Gasteiger charge is -2.17. The van der Waals surface area contributed by atoms with Gasteiger partial charge in [-0.15, -0.1) is 11.3 Å². The smallest absolute Gasteiger partial charge is 0.237 e. The van der Waals surface area contributed by atoms with Gasteiger partial charge in [-0.1, -0.05) is 20.3 Å². The fraction of sp³-hybridized carbons (Fsp3) is 0.429. The Hall–Kier alpha value is -1.66. The van der Waals surface area contributed by atoms with Crippen molar-refractivity contribution in [1.29, 1.82) is 0 Å². The topological polar surface area (TPSA) is 81.2 Å². The Bertz CT molecular complexity index is 551. The normalized spacial score (nSPS) is 13.9. The maximum Gasteiger partial charge on any atom is 0.237 e. The summed E-state index contributed by atoms with van der Waals surface area (Å²) in [5.74, 6) is 0.778. The number of carbonyl (C=O) groups excluding carboxylic acids is 1. The van der Waals surface area contributed by atoms with Gasteiger partial charge >= 0.3 is 0 Å². The number of nitrogens with zero attached hydrogens (tertiary/aromatic N) is 1. The standard InChI is InChI=1S/C14H19N3O2S/c1-3-9(2)12(15)13(18)16-7-10-8-20-14(17-10)11-5-4-6-19-11/h4-6,8-9,12H,3,7,15H2,1-2H3,(H,16,18). The van der Waals surface area contributed by atoms with Crippen molar-refractivity contribution in [2.75, 3.05) is 0 Å². The lowest BCUT2D eigenvalue weighted by molar-refractivity contribution is -0.123. The molecule has 20 heavy (non-hydrogen) atoms. The zero-order valence-corrected chi connectivity index (χ0v) is 12.4. The van der Waals surface area contributed by atoms with E-state index < -0.39 is 6.04 Å². The van der Waals surface area contributed by atoms with E-state index >= 15 is 0 Å². The van der Waals surface area contributed by atoms with E-state index in [4.69, 9.17) is 10.2 Å². The second-order valence-corrected chi connectivity index (χ2v) is 5.61. The second-order valence-electron chi connectivity index (χ2n) is 4.75. The van der Waals surface area contributed by atoms with Gasteiger partial charge in [-0.25, -0.2) is 4.98 Å². The van der Waals surface area contributed by atoms with Crippen LogP contribution in [-0.4, -0.2) is 16.9 Å². The fourth-order valence-corrected chi connectivity index (χ4v) is 2.50. The van der Waals surface area contributed by atoms with Crippen LogP contribution in [-0.2, 0) is 11.3 Å². The Balaban J connectivity index is 1.90. The van der Waals surface area contributed by atoms with Crippen LogP contribution in [0.15, 0.2) is 28.2 Å². The van der Waals surface area contributed by atoms with Crippen molar-refractivity contribution in [3.63, 3.8) is 0 Å². The molecule has 0 radical (unpaired) electrons. The van der Waals surface area contributed by atoms with Gasteiger partial charge in [0.2, 0.25) is 5.91 Å². The van der Waals surface area contributed by atoms with Gasteiger partial charge in [0.15, 0.2) is 10.8 Å². The van der Waals surface area contributed by atoms with E-state index in [1.165, 1.54) is 11.3 Å². The molecule has 0 fully saturated rings. The zero-order chi connectivity index (χ0) is 14.5. The molecule has 3 N–H and O–H groups in total. The summed E-state index contributed by atoms with van der Waals surface area (Å²) in [7, 11) is 0. The maximum atomic E-state index is 11.9. The highest BCUT2D eigenvalue weighted by molar-refractivity contribution is 7.13. The number of furan rings is 1. The lowest BCUT2D eigenvalue weighted by Crippen LogP contribution is -2.44. The van der Waals surface area contributed by atoms with Gasteiger partial charge in [-0.3, -0.25) is 4.79 Å². The van der Waals surface area contributed by atoms with Crippen molar-refractivity contribution in [2.24, 2.45) is 11.7 Å². The van der Waals surface area contributed by atoms with Gasteiger partial charge in [0.1, 0.15) is 0 Å². The van der Waals surface area contributed by atoms with Crippen LogP contribution in [0.5, 0.6) is 0 Å². The minimum Gasteiger partial charge on any atom is -0.462 e. The molecule has 2 aromatic rings. The molecule has 0 aromatic carbocycles. The predicted octanol–water partition coefficient (Wildman–Crippen LogP) is 2.39. The highest BCUT2D eigenvalue weighted by atomic mass is 32.1. The Labute approximate surface area is 122 Å². The van der Waals surface area contributed by atoms with E-state index in [2.05, 4.69) is 10.3 Å². The fourth-order valence-electron chi connectivity index (χ4n) is 1.71. The molecule has 2 aromatic heterocycles. The number of aromatic nitrogens is 1. The first-order valence-corrected chi connectivity index (χ1v) is 7.51. The van der Waals surface area contributed by atoms with Crippen LogP contribution in [0.25, 0.3) is 10.8 Å². The average Bonchev–Trinajstić information content (AvgIpc) is 3.13. The molecule has 2 rings (SSSR count). The maximum absolute atomic E-state index is 11.9. The van der Waals surface area contributed by atoms with E-state index in [1.54, 1.807) is 6.26 Å². The summed E-state index contributed by atoms with van der Waals surface area (Å²) < 4.78 is 5.28. The number of nitrogens with two attached hydrogens (primary N) is 1. The monoisotopic (exact) mass is 293 g/mol. The Kier molecular flexibility index (Phi) is 4.92. The van der Waals surface area contributed by atoms with Crippen LogP contribution >= 0.6 is 11.3 Å².